The highest BCUT2D eigenvalue weighted by Crippen LogP contribution is 2.38. The smallest absolute Gasteiger partial charge is 0.411 e. The third-order valence-electron chi connectivity index (χ3n) is 7.04. The van der Waals surface area contributed by atoms with E-state index >= 15 is 0 Å². The zero-order valence-electron chi connectivity index (χ0n) is 24.4. The van der Waals surface area contributed by atoms with E-state index in [1.807, 2.05) is 32.0 Å². The first kappa shape index (κ1) is 31.8. The summed E-state index contributed by atoms with van der Waals surface area (Å²) in [5.41, 5.74) is 3.50. The van der Waals surface area contributed by atoms with Crippen LogP contribution in [0.15, 0.2) is 60.7 Å². The van der Waals surface area contributed by atoms with E-state index in [1.165, 1.54) is 14.0 Å². The van der Waals surface area contributed by atoms with Crippen molar-refractivity contribution in [2.45, 2.75) is 45.3 Å². The number of likely N-dealkylation sites (N-methyl/N-ethyl adjacent to an activating group) is 1. The summed E-state index contributed by atoms with van der Waals surface area (Å²) in [6, 6.07) is 17.6. The van der Waals surface area contributed by atoms with Crippen LogP contribution in [0, 0.1) is 13.8 Å². The highest BCUT2D eigenvalue weighted by atomic mass is 35.5. The standard InChI is InChI=1S/C32H33Cl2N3O6/c1-19-8-5-6-9-24(19)30(39)35-23-12-13-25(20(2)16-23)31(40)37-15-7-10-28(26-17-22(34)11-14-27(26)37)43-29(38)18-36(4)32(41)42-21(3)33/h5-6,8-9,11-14,16-17,21,28H,7,10,15,18H2,1-4H3,(H,35,39). The fourth-order valence-electron chi connectivity index (χ4n) is 4.91. The van der Waals surface area contributed by atoms with Crippen LogP contribution in [0.5, 0.6) is 0 Å². The zero-order valence-corrected chi connectivity index (χ0v) is 25.9. The van der Waals surface area contributed by atoms with Crippen LogP contribution in [-0.4, -0.2) is 54.5 Å². The molecular formula is C32H33Cl2N3O6. The molecule has 0 fully saturated rings. The van der Waals surface area contributed by atoms with Gasteiger partial charge in [0.15, 0.2) is 5.56 Å². The van der Waals surface area contributed by atoms with Crippen LogP contribution in [0.2, 0.25) is 5.02 Å². The van der Waals surface area contributed by atoms with Gasteiger partial charge in [-0.25, -0.2) is 4.79 Å². The van der Waals surface area contributed by atoms with E-state index < -0.39 is 23.7 Å². The number of anilines is 2. The Morgan fingerprint density at radius 1 is 1.02 bits per heavy atom. The first-order chi connectivity index (χ1) is 20.4. The Balaban J connectivity index is 1.52. The molecule has 9 nitrogen and oxygen atoms in total. The van der Waals surface area contributed by atoms with Gasteiger partial charge in [-0.1, -0.05) is 41.4 Å². The van der Waals surface area contributed by atoms with Gasteiger partial charge in [-0.15, -0.1) is 0 Å². The maximum Gasteiger partial charge on any atom is 0.411 e. The fraction of sp³-hybridized carbons (Fsp3) is 0.312. The highest BCUT2D eigenvalue weighted by molar-refractivity contribution is 6.30. The van der Waals surface area contributed by atoms with Crippen molar-refractivity contribution in [2.24, 2.45) is 0 Å². The summed E-state index contributed by atoms with van der Waals surface area (Å²) in [4.78, 5) is 54.2. The van der Waals surface area contributed by atoms with E-state index in [9.17, 15) is 19.2 Å². The number of carbonyl (C=O) groups excluding carboxylic acids is 4. The van der Waals surface area contributed by atoms with Gasteiger partial charge in [-0.05, 0) is 87.2 Å². The topological polar surface area (TPSA) is 105 Å². The summed E-state index contributed by atoms with van der Waals surface area (Å²) in [6.45, 7) is 5.22. The number of nitrogens with one attached hydrogen (secondary N) is 1. The molecule has 0 saturated carbocycles. The monoisotopic (exact) mass is 625 g/mol. The molecule has 1 N–H and O–H groups in total. The minimum absolute atomic E-state index is 0.229. The molecule has 0 spiro atoms. The van der Waals surface area contributed by atoms with Crippen molar-refractivity contribution in [2.75, 3.05) is 30.4 Å². The number of amides is 3. The second-order valence-corrected chi connectivity index (χ2v) is 11.4. The summed E-state index contributed by atoms with van der Waals surface area (Å²) in [5.74, 6) is -1.11. The molecule has 0 aliphatic carbocycles. The number of carbonyl (C=O) groups is 4. The molecule has 226 valence electrons. The molecule has 3 aromatic rings. The van der Waals surface area contributed by atoms with Crippen molar-refractivity contribution < 1.29 is 28.7 Å². The van der Waals surface area contributed by atoms with E-state index in [1.54, 1.807) is 47.4 Å². The minimum atomic E-state index is -0.845. The van der Waals surface area contributed by atoms with E-state index in [-0.39, 0.29) is 18.4 Å². The SMILES string of the molecule is Cc1ccccc1C(=O)Nc1ccc(C(=O)N2CCCC(OC(=O)CN(C)C(=O)OC(C)Cl)c3cc(Cl)ccc32)c(C)c1. The van der Waals surface area contributed by atoms with Crippen molar-refractivity contribution >= 4 is 58.5 Å². The first-order valence-electron chi connectivity index (χ1n) is 13.8. The van der Waals surface area contributed by atoms with Gasteiger partial charge in [0.2, 0.25) is 0 Å². The molecule has 1 aliphatic heterocycles. The molecule has 0 saturated heterocycles. The van der Waals surface area contributed by atoms with Gasteiger partial charge in [0.25, 0.3) is 11.8 Å². The fourth-order valence-corrected chi connectivity index (χ4v) is 5.17. The molecule has 3 aromatic carbocycles. The number of hydrogen-bond donors (Lipinski definition) is 1. The van der Waals surface area contributed by atoms with E-state index in [2.05, 4.69) is 5.32 Å². The average molecular weight is 627 g/mol. The number of fused-ring (bicyclic) bond motifs is 1. The first-order valence-corrected chi connectivity index (χ1v) is 14.6. The summed E-state index contributed by atoms with van der Waals surface area (Å²) >= 11 is 12.0. The number of esters is 1. The van der Waals surface area contributed by atoms with E-state index in [4.69, 9.17) is 32.7 Å². The van der Waals surface area contributed by atoms with Crippen molar-refractivity contribution in [3.63, 3.8) is 0 Å². The normalized spacial score (nSPS) is 15.0. The molecule has 43 heavy (non-hydrogen) atoms. The van der Waals surface area contributed by atoms with Crippen LogP contribution in [0.3, 0.4) is 0 Å². The number of benzene rings is 3. The predicted octanol–water partition coefficient (Wildman–Crippen LogP) is 6.89. The Morgan fingerprint density at radius 2 is 1.77 bits per heavy atom. The lowest BCUT2D eigenvalue weighted by Gasteiger charge is -2.25. The van der Waals surface area contributed by atoms with Crippen LogP contribution in [0.25, 0.3) is 0 Å². The average Bonchev–Trinajstić information content (AvgIpc) is 3.11. The molecule has 4 rings (SSSR count). The van der Waals surface area contributed by atoms with Gasteiger partial charge in [0, 0.05) is 41.0 Å². The molecule has 3 amide bonds. The summed E-state index contributed by atoms with van der Waals surface area (Å²) in [7, 11) is 1.41. The van der Waals surface area contributed by atoms with Gasteiger partial charge >= 0.3 is 12.1 Å². The second kappa shape index (κ2) is 13.9. The number of nitrogens with zero attached hydrogens (tertiary/aromatic N) is 2. The lowest BCUT2D eigenvalue weighted by Crippen LogP contribution is -2.35. The summed E-state index contributed by atoms with van der Waals surface area (Å²) in [5, 5.41) is 3.33. The summed E-state index contributed by atoms with van der Waals surface area (Å²) in [6.07, 6.45) is -0.452. The Bertz CT molecular complexity index is 1540. The van der Waals surface area contributed by atoms with E-state index in [0.29, 0.717) is 58.0 Å². The number of halogens is 2. The maximum absolute atomic E-state index is 13.9. The van der Waals surface area contributed by atoms with Crippen molar-refractivity contribution in [3.05, 3.63) is 93.5 Å². The summed E-state index contributed by atoms with van der Waals surface area (Å²) < 4.78 is 10.7. The Hall–Kier alpha value is -4.08. The number of rotatable bonds is 7. The van der Waals surface area contributed by atoms with Gasteiger partial charge in [-0.2, -0.15) is 0 Å². The quantitative estimate of drug-likeness (QED) is 0.226. The maximum atomic E-state index is 13.9. The molecule has 0 radical (unpaired) electrons. The van der Waals surface area contributed by atoms with Crippen molar-refractivity contribution in [1.29, 1.82) is 0 Å². The van der Waals surface area contributed by atoms with Crippen LogP contribution in [0.1, 0.15) is 63.3 Å². The molecular weight excluding hydrogens is 593 g/mol. The molecule has 0 aromatic heterocycles. The lowest BCUT2D eigenvalue weighted by molar-refractivity contribution is -0.150. The molecule has 11 heteroatoms. The van der Waals surface area contributed by atoms with Gasteiger partial charge < -0.3 is 24.6 Å². The van der Waals surface area contributed by atoms with E-state index in [0.717, 1.165) is 10.5 Å². The molecule has 1 heterocycles. The number of aryl methyl sites for hydroxylation is 2. The predicted molar refractivity (Wildman–Crippen MR) is 166 cm³/mol. The number of hydrogen-bond acceptors (Lipinski definition) is 6. The highest BCUT2D eigenvalue weighted by Gasteiger charge is 2.31. The zero-order chi connectivity index (χ0) is 31.3. The Labute approximate surface area is 260 Å². The third-order valence-corrected chi connectivity index (χ3v) is 7.36. The molecule has 1 aliphatic rings. The minimum Gasteiger partial charge on any atom is -0.456 e. The molecule has 2 unspecified atom stereocenters. The molecule has 2 atom stereocenters. The second-order valence-electron chi connectivity index (χ2n) is 10.4. The van der Waals surface area contributed by atoms with Crippen LogP contribution in [-0.2, 0) is 14.3 Å². The lowest BCUT2D eigenvalue weighted by atomic mass is 10.0. The van der Waals surface area contributed by atoms with Crippen LogP contribution >= 0.6 is 23.2 Å². The van der Waals surface area contributed by atoms with Crippen molar-refractivity contribution in [1.82, 2.24) is 4.90 Å². The van der Waals surface area contributed by atoms with Gasteiger partial charge in [0.05, 0.1) is 5.69 Å². The molecule has 0 bridgehead atoms. The third kappa shape index (κ3) is 7.86. The largest absolute Gasteiger partial charge is 0.456 e. The van der Waals surface area contributed by atoms with Crippen LogP contribution in [0.4, 0.5) is 16.2 Å². The number of alkyl halides is 1. The van der Waals surface area contributed by atoms with Crippen molar-refractivity contribution in [3.8, 4) is 0 Å². The van der Waals surface area contributed by atoms with Gasteiger partial charge in [-0.3, -0.25) is 14.4 Å². The Kier molecular flexibility index (Phi) is 10.3. The van der Waals surface area contributed by atoms with Gasteiger partial charge in [0.1, 0.15) is 12.6 Å². The number of ether oxygens (including phenoxy) is 2. The van der Waals surface area contributed by atoms with Crippen LogP contribution < -0.4 is 10.2 Å². The Morgan fingerprint density at radius 3 is 2.47 bits per heavy atom.